The van der Waals surface area contributed by atoms with Crippen LogP contribution in [0.5, 0.6) is 0 Å². The first-order valence-corrected chi connectivity index (χ1v) is 6.78. The fourth-order valence-electron chi connectivity index (χ4n) is 1.38. The quantitative estimate of drug-likeness (QED) is 0.389. The van der Waals surface area contributed by atoms with E-state index in [1.54, 1.807) is 12.3 Å². The molecule has 19 heavy (non-hydrogen) atoms. The summed E-state index contributed by atoms with van der Waals surface area (Å²) in [6.45, 7) is 0. The molecule has 1 heterocycles. The average Bonchev–Trinajstić information content (AvgIpc) is 2.42. The molecule has 0 bridgehead atoms. The lowest BCUT2D eigenvalue weighted by Gasteiger charge is -2.07. The second kappa shape index (κ2) is 6.03. The summed E-state index contributed by atoms with van der Waals surface area (Å²) in [5.41, 5.74) is 5.86. The van der Waals surface area contributed by atoms with Crippen molar-refractivity contribution in [3.63, 3.8) is 0 Å². The molecule has 0 atom stereocenters. The van der Waals surface area contributed by atoms with Gasteiger partial charge in [0.05, 0.1) is 0 Å². The molecule has 0 fully saturated rings. The number of halogens is 2. The van der Waals surface area contributed by atoms with Crippen molar-refractivity contribution in [2.45, 2.75) is 9.92 Å². The van der Waals surface area contributed by atoms with E-state index in [0.29, 0.717) is 10.5 Å². The van der Waals surface area contributed by atoms with Gasteiger partial charge in [-0.15, -0.1) is 0 Å². The number of oxime groups is 1. The Morgan fingerprint density at radius 2 is 2.16 bits per heavy atom. The Kier molecular flexibility index (Phi) is 4.39. The molecular formula is C12H9BrFN3OS. The van der Waals surface area contributed by atoms with Crippen molar-refractivity contribution in [2.75, 3.05) is 0 Å². The molecule has 0 unspecified atom stereocenters. The standard InChI is InChI=1S/C12H9BrFN3OS/c13-7-1-4-11(16-6-7)19-10-3-2-8(14)5-9(10)12(15)17-18/h1-6,18H,(H2,15,17). The molecule has 2 rings (SSSR count). The van der Waals surface area contributed by atoms with E-state index in [0.717, 1.165) is 9.50 Å². The van der Waals surface area contributed by atoms with Gasteiger partial charge in [-0.3, -0.25) is 0 Å². The molecular weight excluding hydrogens is 333 g/mol. The molecule has 1 aromatic carbocycles. The van der Waals surface area contributed by atoms with E-state index in [2.05, 4.69) is 26.1 Å². The van der Waals surface area contributed by atoms with Crippen molar-refractivity contribution in [1.29, 1.82) is 0 Å². The van der Waals surface area contributed by atoms with Crippen LogP contribution in [0.15, 0.2) is 56.1 Å². The zero-order chi connectivity index (χ0) is 13.8. The minimum Gasteiger partial charge on any atom is -0.409 e. The van der Waals surface area contributed by atoms with Crippen LogP contribution < -0.4 is 5.73 Å². The second-order valence-corrected chi connectivity index (χ2v) is 5.52. The Morgan fingerprint density at radius 1 is 1.37 bits per heavy atom. The first kappa shape index (κ1) is 13.8. The predicted octanol–water partition coefficient (Wildman–Crippen LogP) is 3.23. The summed E-state index contributed by atoms with van der Waals surface area (Å²) in [5.74, 6) is -0.589. The van der Waals surface area contributed by atoms with Crippen molar-refractivity contribution in [1.82, 2.24) is 4.98 Å². The van der Waals surface area contributed by atoms with Gasteiger partial charge in [-0.1, -0.05) is 16.9 Å². The molecule has 0 spiro atoms. The Bertz CT molecular complexity index is 619. The summed E-state index contributed by atoms with van der Waals surface area (Å²) < 4.78 is 14.1. The van der Waals surface area contributed by atoms with E-state index in [1.165, 1.54) is 23.9 Å². The fraction of sp³-hybridized carbons (Fsp3) is 0. The largest absolute Gasteiger partial charge is 0.409 e. The Labute approximate surface area is 121 Å². The van der Waals surface area contributed by atoms with Crippen LogP contribution in [0.3, 0.4) is 0 Å². The number of aromatic nitrogens is 1. The van der Waals surface area contributed by atoms with Crippen LogP contribution >= 0.6 is 27.7 Å². The topological polar surface area (TPSA) is 71.5 Å². The highest BCUT2D eigenvalue weighted by Crippen LogP contribution is 2.30. The Balaban J connectivity index is 2.37. The van der Waals surface area contributed by atoms with Crippen LogP contribution in [-0.4, -0.2) is 16.0 Å². The van der Waals surface area contributed by atoms with Crippen LogP contribution in [0, 0.1) is 5.82 Å². The molecule has 3 N–H and O–H groups in total. The number of rotatable bonds is 3. The van der Waals surface area contributed by atoms with Crippen LogP contribution in [0.2, 0.25) is 0 Å². The summed E-state index contributed by atoms with van der Waals surface area (Å²) >= 11 is 4.60. The number of pyridine rings is 1. The molecule has 2 aromatic rings. The lowest BCUT2D eigenvalue weighted by Crippen LogP contribution is -2.14. The number of nitrogens with zero attached hydrogens (tertiary/aromatic N) is 2. The van der Waals surface area contributed by atoms with E-state index >= 15 is 0 Å². The van der Waals surface area contributed by atoms with Crippen LogP contribution in [0.25, 0.3) is 0 Å². The minimum atomic E-state index is -0.449. The van der Waals surface area contributed by atoms with Gasteiger partial charge in [0.15, 0.2) is 5.84 Å². The zero-order valence-electron chi connectivity index (χ0n) is 9.55. The van der Waals surface area contributed by atoms with Gasteiger partial charge in [-0.2, -0.15) is 0 Å². The maximum atomic E-state index is 13.2. The number of nitrogens with two attached hydrogens (primary N) is 1. The van der Waals surface area contributed by atoms with Gasteiger partial charge in [0.2, 0.25) is 0 Å². The molecule has 98 valence electrons. The SMILES string of the molecule is NC(=NO)c1cc(F)ccc1Sc1ccc(Br)cn1. The second-order valence-electron chi connectivity index (χ2n) is 3.54. The molecule has 0 saturated carbocycles. The van der Waals surface area contributed by atoms with Crippen LogP contribution in [0.4, 0.5) is 4.39 Å². The third-order valence-corrected chi connectivity index (χ3v) is 3.74. The van der Waals surface area contributed by atoms with E-state index < -0.39 is 5.82 Å². The Hall–Kier alpha value is -1.60. The van der Waals surface area contributed by atoms with Crippen molar-refractivity contribution < 1.29 is 9.60 Å². The van der Waals surface area contributed by atoms with Gasteiger partial charge in [0.1, 0.15) is 10.8 Å². The summed E-state index contributed by atoms with van der Waals surface area (Å²) in [5, 5.41) is 12.3. The van der Waals surface area contributed by atoms with Crippen LogP contribution in [0.1, 0.15) is 5.56 Å². The molecule has 0 aliphatic rings. The highest BCUT2D eigenvalue weighted by atomic mass is 79.9. The van der Waals surface area contributed by atoms with Gasteiger partial charge >= 0.3 is 0 Å². The molecule has 0 amide bonds. The highest BCUT2D eigenvalue weighted by molar-refractivity contribution is 9.10. The summed E-state index contributed by atoms with van der Waals surface area (Å²) in [6, 6.07) is 7.76. The first-order valence-electron chi connectivity index (χ1n) is 5.17. The number of benzene rings is 1. The molecule has 0 radical (unpaired) electrons. The van der Waals surface area contributed by atoms with E-state index in [-0.39, 0.29) is 5.84 Å². The molecule has 0 aliphatic carbocycles. The first-order chi connectivity index (χ1) is 9.10. The summed E-state index contributed by atoms with van der Waals surface area (Å²) in [6.07, 6.45) is 1.66. The molecule has 4 nitrogen and oxygen atoms in total. The van der Waals surface area contributed by atoms with Crippen molar-refractivity contribution in [2.24, 2.45) is 10.9 Å². The third kappa shape index (κ3) is 3.45. The van der Waals surface area contributed by atoms with Crippen LogP contribution in [-0.2, 0) is 0 Å². The van der Waals surface area contributed by atoms with Gasteiger partial charge < -0.3 is 10.9 Å². The third-order valence-electron chi connectivity index (χ3n) is 2.24. The van der Waals surface area contributed by atoms with Gasteiger partial charge in [0.25, 0.3) is 0 Å². The summed E-state index contributed by atoms with van der Waals surface area (Å²) in [4.78, 5) is 4.86. The number of hydrogen-bond acceptors (Lipinski definition) is 4. The smallest absolute Gasteiger partial charge is 0.171 e. The fourth-order valence-corrected chi connectivity index (χ4v) is 2.49. The van der Waals surface area contributed by atoms with E-state index in [9.17, 15) is 4.39 Å². The molecule has 7 heteroatoms. The minimum absolute atomic E-state index is 0.140. The molecule has 0 aliphatic heterocycles. The monoisotopic (exact) mass is 341 g/mol. The number of amidine groups is 1. The number of hydrogen-bond donors (Lipinski definition) is 2. The predicted molar refractivity (Wildman–Crippen MR) is 75.0 cm³/mol. The van der Waals surface area contributed by atoms with Gasteiger partial charge in [-0.25, -0.2) is 9.37 Å². The van der Waals surface area contributed by atoms with E-state index in [1.807, 2.05) is 12.1 Å². The highest BCUT2D eigenvalue weighted by Gasteiger charge is 2.10. The van der Waals surface area contributed by atoms with E-state index in [4.69, 9.17) is 10.9 Å². The summed E-state index contributed by atoms with van der Waals surface area (Å²) in [7, 11) is 0. The molecule has 0 saturated heterocycles. The maximum Gasteiger partial charge on any atom is 0.171 e. The van der Waals surface area contributed by atoms with Crippen molar-refractivity contribution in [3.05, 3.63) is 52.4 Å². The lowest BCUT2D eigenvalue weighted by molar-refractivity contribution is 0.318. The zero-order valence-corrected chi connectivity index (χ0v) is 11.9. The molecule has 1 aromatic heterocycles. The van der Waals surface area contributed by atoms with Crippen molar-refractivity contribution >= 4 is 33.5 Å². The van der Waals surface area contributed by atoms with Gasteiger partial charge in [0, 0.05) is 21.1 Å². The average molecular weight is 342 g/mol. The maximum absolute atomic E-state index is 13.2. The lowest BCUT2D eigenvalue weighted by atomic mass is 10.2. The van der Waals surface area contributed by atoms with Crippen molar-refractivity contribution in [3.8, 4) is 0 Å². The normalized spacial score (nSPS) is 11.6. The Morgan fingerprint density at radius 3 is 2.79 bits per heavy atom. The van der Waals surface area contributed by atoms with Gasteiger partial charge in [-0.05, 0) is 46.3 Å².